The number of methoxy groups -OCH3 is 1. The summed E-state index contributed by atoms with van der Waals surface area (Å²) in [5, 5.41) is 6.43. The molecule has 0 fully saturated rings. The molecule has 3 aromatic rings. The maximum Gasteiger partial charge on any atom is 0.273 e. The van der Waals surface area contributed by atoms with Crippen molar-refractivity contribution in [1.29, 1.82) is 0 Å². The summed E-state index contributed by atoms with van der Waals surface area (Å²) in [7, 11) is 1.51. The van der Waals surface area contributed by atoms with Crippen LogP contribution in [0.25, 0.3) is 10.9 Å². The molecule has 0 saturated heterocycles. The molecule has 1 heterocycles. The molecule has 128 valence electrons. The third kappa shape index (κ3) is 3.51. The summed E-state index contributed by atoms with van der Waals surface area (Å²) in [6.45, 7) is 1.41. The Bertz CT molecular complexity index is 965. The molecule has 3 N–H and O–H groups in total. The maximum atomic E-state index is 12.6. The summed E-state index contributed by atoms with van der Waals surface area (Å²) in [5.41, 5.74) is 2.33. The lowest BCUT2D eigenvalue weighted by atomic mass is 10.2. The van der Waals surface area contributed by atoms with Crippen LogP contribution in [-0.4, -0.2) is 23.9 Å². The first kappa shape index (κ1) is 17.0. The van der Waals surface area contributed by atoms with Crippen molar-refractivity contribution in [2.24, 2.45) is 0 Å². The van der Waals surface area contributed by atoms with E-state index < -0.39 is 0 Å². The molecule has 25 heavy (non-hydrogen) atoms. The zero-order valence-electron chi connectivity index (χ0n) is 13.6. The molecule has 0 atom stereocenters. The van der Waals surface area contributed by atoms with Gasteiger partial charge in [0.15, 0.2) is 0 Å². The summed E-state index contributed by atoms with van der Waals surface area (Å²) in [4.78, 5) is 27.0. The summed E-state index contributed by atoms with van der Waals surface area (Å²) in [6, 6.07) is 12.7. The number of benzene rings is 2. The Labute approximate surface area is 152 Å². The van der Waals surface area contributed by atoms with E-state index in [1.54, 1.807) is 18.2 Å². The average molecular weight is 402 g/mol. The SMILES string of the molecule is COc1ccc(NC(=O)c2[nH]c3ccccc3c2Br)cc1NC(C)=O. The highest BCUT2D eigenvalue weighted by Crippen LogP contribution is 2.30. The molecule has 3 rings (SSSR count). The number of para-hydroxylation sites is 1. The molecule has 1 aromatic heterocycles. The molecule has 0 radical (unpaired) electrons. The van der Waals surface area contributed by atoms with E-state index in [2.05, 4.69) is 31.5 Å². The van der Waals surface area contributed by atoms with Crippen molar-refractivity contribution in [2.45, 2.75) is 6.92 Å². The highest BCUT2D eigenvalue weighted by Gasteiger charge is 2.16. The minimum Gasteiger partial charge on any atom is -0.495 e. The third-order valence-corrected chi connectivity index (χ3v) is 4.46. The minimum absolute atomic E-state index is 0.222. The van der Waals surface area contributed by atoms with Gasteiger partial charge in [0.1, 0.15) is 11.4 Å². The minimum atomic E-state index is -0.290. The number of hydrogen-bond acceptors (Lipinski definition) is 3. The molecule has 0 spiro atoms. The number of ether oxygens (including phenoxy) is 1. The van der Waals surface area contributed by atoms with Gasteiger partial charge in [-0.15, -0.1) is 0 Å². The molecule has 0 saturated carbocycles. The number of anilines is 2. The van der Waals surface area contributed by atoms with Crippen molar-refractivity contribution in [1.82, 2.24) is 4.98 Å². The summed E-state index contributed by atoms with van der Waals surface area (Å²) < 4.78 is 5.91. The second-order valence-corrected chi connectivity index (χ2v) is 6.20. The molecule has 0 unspecified atom stereocenters. The fourth-order valence-electron chi connectivity index (χ4n) is 2.53. The van der Waals surface area contributed by atoms with E-state index in [1.165, 1.54) is 14.0 Å². The van der Waals surface area contributed by atoms with Gasteiger partial charge in [-0.2, -0.15) is 0 Å². The van der Waals surface area contributed by atoms with Gasteiger partial charge in [0, 0.05) is 23.5 Å². The molecule has 6 nitrogen and oxygen atoms in total. The van der Waals surface area contributed by atoms with Gasteiger partial charge in [0.05, 0.1) is 17.3 Å². The molecule has 0 aliphatic carbocycles. The van der Waals surface area contributed by atoms with Crippen LogP contribution in [0.15, 0.2) is 46.9 Å². The van der Waals surface area contributed by atoms with Crippen molar-refractivity contribution >= 4 is 50.0 Å². The zero-order valence-corrected chi connectivity index (χ0v) is 15.2. The number of H-pyrrole nitrogens is 1. The lowest BCUT2D eigenvalue weighted by Crippen LogP contribution is -2.14. The number of carbonyl (C=O) groups excluding carboxylic acids is 2. The number of halogens is 1. The predicted octanol–water partition coefficient (Wildman–Crippen LogP) is 4.15. The standard InChI is InChI=1S/C18H16BrN3O3/c1-10(23)20-14-9-11(7-8-15(14)25-2)21-18(24)17-16(19)12-5-3-4-6-13(12)22-17/h3-9,22H,1-2H3,(H,20,23)(H,21,24). The van der Waals surface area contributed by atoms with E-state index in [-0.39, 0.29) is 11.8 Å². The first-order valence-electron chi connectivity index (χ1n) is 7.52. The van der Waals surface area contributed by atoms with Crippen molar-refractivity contribution in [2.75, 3.05) is 17.7 Å². The van der Waals surface area contributed by atoms with E-state index in [1.807, 2.05) is 24.3 Å². The number of carbonyl (C=O) groups is 2. The van der Waals surface area contributed by atoms with Crippen LogP contribution in [0.2, 0.25) is 0 Å². The van der Waals surface area contributed by atoms with Crippen LogP contribution < -0.4 is 15.4 Å². The lowest BCUT2D eigenvalue weighted by molar-refractivity contribution is -0.114. The number of hydrogen-bond donors (Lipinski definition) is 3. The van der Waals surface area contributed by atoms with E-state index in [4.69, 9.17) is 4.74 Å². The second-order valence-electron chi connectivity index (χ2n) is 5.41. The predicted molar refractivity (Wildman–Crippen MR) is 101 cm³/mol. The van der Waals surface area contributed by atoms with Crippen LogP contribution >= 0.6 is 15.9 Å². The molecule has 0 bridgehead atoms. The summed E-state index contributed by atoms with van der Waals surface area (Å²) in [5.74, 6) is 0.00199. The smallest absolute Gasteiger partial charge is 0.273 e. The van der Waals surface area contributed by atoms with Crippen LogP contribution in [0.3, 0.4) is 0 Å². The van der Waals surface area contributed by atoms with Crippen LogP contribution in [-0.2, 0) is 4.79 Å². The first-order valence-corrected chi connectivity index (χ1v) is 8.32. The van der Waals surface area contributed by atoms with E-state index in [0.29, 0.717) is 27.3 Å². The topological polar surface area (TPSA) is 83.2 Å². The van der Waals surface area contributed by atoms with Gasteiger partial charge in [-0.05, 0) is 40.2 Å². The van der Waals surface area contributed by atoms with Crippen LogP contribution in [0.1, 0.15) is 17.4 Å². The zero-order chi connectivity index (χ0) is 18.0. The molecule has 0 aliphatic heterocycles. The van der Waals surface area contributed by atoms with Crippen LogP contribution in [0.5, 0.6) is 5.75 Å². The van der Waals surface area contributed by atoms with Gasteiger partial charge in [0.2, 0.25) is 5.91 Å². The lowest BCUT2D eigenvalue weighted by Gasteiger charge is -2.11. The van der Waals surface area contributed by atoms with Crippen molar-refractivity contribution in [3.63, 3.8) is 0 Å². The van der Waals surface area contributed by atoms with Crippen molar-refractivity contribution in [3.05, 3.63) is 52.6 Å². The molecule has 0 aliphatic rings. The number of aromatic amines is 1. The van der Waals surface area contributed by atoms with E-state index in [9.17, 15) is 9.59 Å². The Morgan fingerprint density at radius 3 is 2.56 bits per heavy atom. The van der Waals surface area contributed by atoms with Crippen LogP contribution in [0, 0.1) is 0 Å². The third-order valence-electron chi connectivity index (χ3n) is 3.64. The number of aromatic nitrogens is 1. The Hall–Kier alpha value is -2.80. The highest BCUT2D eigenvalue weighted by molar-refractivity contribution is 9.10. The van der Waals surface area contributed by atoms with Crippen molar-refractivity contribution in [3.8, 4) is 5.75 Å². The van der Waals surface area contributed by atoms with E-state index >= 15 is 0 Å². The number of rotatable bonds is 4. The quantitative estimate of drug-likeness (QED) is 0.613. The normalized spacial score (nSPS) is 10.5. The maximum absolute atomic E-state index is 12.6. The monoisotopic (exact) mass is 401 g/mol. The Morgan fingerprint density at radius 2 is 1.88 bits per heavy atom. The fraction of sp³-hybridized carbons (Fsp3) is 0.111. The highest BCUT2D eigenvalue weighted by atomic mass is 79.9. The van der Waals surface area contributed by atoms with Gasteiger partial charge in [-0.1, -0.05) is 18.2 Å². The largest absolute Gasteiger partial charge is 0.495 e. The summed E-state index contributed by atoms with van der Waals surface area (Å²) in [6.07, 6.45) is 0. The second kappa shape index (κ2) is 6.98. The van der Waals surface area contributed by atoms with Gasteiger partial charge in [-0.25, -0.2) is 0 Å². The molecule has 7 heteroatoms. The number of nitrogens with one attached hydrogen (secondary N) is 3. The van der Waals surface area contributed by atoms with Crippen LogP contribution in [0.4, 0.5) is 11.4 Å². The summed E-state index contributed by atoms with van der Waals surface area (Å²) >= 11 is 3.47. The Balaban J connectivity index is 1.89. The van der Waals surface area contributed by atoms with E-state index in [0.717, 1.165) is 10.9 Å². The molecule has 2 aromatic carbocycles. The average Bonchev–Trinajstić information content (AvgIpc) is 2.92. The molecular formula is C18H16BrN3O3. The van der Waals surface area contributed by atoms with Crippen molar-refractivity contribution < 1.29 is 14.3 Å². The van der Waals surface area contributed by atoms with Gasteiger partial charge in [0.25, 0.3) is 5.91 Å². The molecular weight excluding hydrogens is 386 g/mol. The number of fused-ring (bicyclic) bond motifs is 1. The molecule has 2 amide bonds. The van der Waals surface area contributed by atoms with Gasteiger partial charge < -0.3 is 20.4 Å². The Kier molecular flexibility index (Phi) is 4.76. The van der Waals surface area contributed by atoms with Gasteiger partial charge >= 0.3 is 0 Å². The fourth-order valence-corrected chi connectivity index (χ4v) is 3.16. The van der Waals surface area contributed by atoms with Gasteiger partial charge in [-0.3, -0.25) is 9.59 Å². The number of amides is 2. The Morgan fingerprint density at radius 1 is 1.12 bits per heavy atom. The first-order chi connectivity index (χ1) is 12.0.